The number of aromatic nitrogens is 1. The van der Waals surface area contributed by atoms with E-state index in [-0.39, 0.29) is 0 Å². The highest BCUT2D eigenvalue weighted by molar-refractivity contribution is 5.41. The second-order valence-electron chi connectivity index (χ2n) is 4.07. The van der Waals surface area contributed by atoms with E-state index in [0.29, 0.717) is 5.75 Å². The number of hydrogen-bond donors (Lipinski definition) is 1. The average Bonchev–Trinajstić information content (AvgIpc) is 2.46. The number of rotatable bonds is 4. The number of benzene rings is 1. The van der Waals surface area contributed by atoms with Crippen LogP contribution in [-0.2, 0) is 6.42 Å². The lowest BCUT2D eigenvalue weighted by atomic mass is 9.97. The molecule has 1 aromatic heterocycles. The molecule has 1 N–H and O–H groups in total. The molecule has 3 nitrogen and oxygen atoms in total. The Labute approximate surface area is 107 Å². The van der Waals surface area contributed by atoms with E-state index in [2.05, 4.69) is 11.9 Å². The molecule has 0 saturated heterocycles. The topological polar surface area (TPSA) is 42.4 Å². The number of hydrogen-bond acceptors (Lipinski definition) is 3. The highest BCUT2D eigenvalue weighted by atomic mass is 16.5. The van der Waals surface area contributed by atoms with E-state index < -0.39 is 6.10 Å². The molecule has 0 amide bonds. The molecular weight excluding hydrogens is 226 g/mol. The summed E-state index contributed by atoms with van der Waals surface area (Å²) in [5.41, 5.74) is 2.72. The van der Waals surface area contributed by atoms with Crippen LogP contribution in [-0.4, -0.2) is 17.2 Å². The van der Waals surface area contributed by atoms with E-state index in [9.17, 15) is 5.11 Å². The molecule has 18 heavy (non-hydrogen) atoms. The van der Waals surface area contributed by atoms with E-state index in [4.69, 9.17) is 4.74 Å². The van der Waals surface area contributed by atoms with Gasteiger partial charge in [-0.2, -0.15) is 0 Å². The molecule has 2 aromatic rings. The molecule has 0 spiro atoms. The van der Waals surface area contributed by atoms with Gasteiger partial charge in [0.1, 0.15) is 11.9 Å². The predicted octanol–water partition coefficient (Wildman–Crippen LogP) is 2.73. The summed E-state index contributed by atoms with van der Waals surface area (Å²) >= 11 is 0. The van der Waals surface area contributed by atoms with Crippen LogP contribution in [0.1, 0.15) is 29.7 Å². The van der Waals surface area contributed by atoms with Crippen molar-refractivity contribution in [3.63, 3.8) is 0 Å². The summed E-state index contributed by atoms with van der Waals surface area (Å²) < 4.78 is 5.29. The van der Waals surface area contributed by atoms with Crippen LogP contribution < -0.4 is 4.74 Å². The monoisotopic (exact) mass is 243 g/mol. The van der Waals surface area contributed by atoms with Crippen molar-refractivity contribution in [1.29, 1.82) is 0 Å². The van der Waals surface area contributed by atoms with E-state index in [1.807, 2.05) is 30.3 Å². The van der Waals surface area contributed by atoms with Crippen LogP contribution in [0.15, 0.2) is 42.7 Å². The minimum absolute atomic E-state index is 0.681. The Hall–Kier alpha value is -1.87. The SMILES string of the molecule is CCc1cnccc1C(O)c1ccccc1OC. The van der Waals surface area contributed by atoms with Crippen LogP contribution in [0.25, 0.3) is 0 Å². The third-order valence-electron chi connectivity index (χ3n) is 3.05. The summed E-state index contributed by atoms with van der Waals surface area (Å²) in [6.45, 7) is 2.05. The molecule has 0 saturated carbocycles. The first kappa shape index (κ1) is 12.6. The van der Waals surface area contributed by atoms with Gasteiger partial charge >= 0.3 is 0 Å². The summed E-state index contributed by atoms with van der Waals surface area (Å²) in [4.78, 5) is 4.09. The summed E-state index contributed by atoms with van der Waals surface area (Å²) in [6, 6.07) is 9.38. The first-order chi connectivity index (χ1) is 8.77. The van der Waals surface area contributed by atoms with Gasteiger partial charge in [0.2, 0.25) is 0 Å². The van der Waals surface area contributed by atoms with Crippen molar-refractivity contribution in [1.82, 2.24) is 4.98 Å². The average molecular weight is 243 g/mol. The molecule has 1 unspecified atom stereocenters. The molecule has 0 aliphatic heterocycles. The van der Waals surface area contributed by atoms with Crippen molar-refractivity contribution in [3.8, 4) is 5.75 Å². The van der Waals surface area contributed by atoms with E-state index in [1.165, 1.54) is 0 Å². The molecule has 0 fully saturated rings. The summed E-state index contributed by atoms with van der Waals surface area (Å²) in [6.07, 6.45) is 3.66. The normalized spacial score (nSPS) is 12.2. The van der Waals surface area contributed by atoms with Crippen molar-refractivity contribution >= 4 is 0 Å². The van der Waals surface area contributed by atoms with Gasteiger partial charge in [-0.05, 0) is 29.7 Å². The molecule has 0 aliphatic carbocycles. The van der Waals surface area contributed by atoms with Gasteiger partial charge in [0.05, 0.1) is 7.11 Å². The smallest absolute Gasteiger partial charge is 0.125 e. The van der Waals surface area contributed by atoms with Gasteiger partial charge in [-0.15, -0.1) is 0 Å². The van der Waals surface area contributed by atoms with Crippen molar-refractivity contribution in [2.24, 2.45) is 0 Å². The molecule has 0 bridgehead atoms. The van der Waals surface area contributed by atoms with Gasteiger partial charge in [0.25, 0.3) is 0 Å². The van der Waals surface area contributed by atoms with Crippen molar-refractivity contribution in [3.05, 3.63) is 59.4 Å². The quantitative estimate of drug-likeness (QED) is 0.897. The molecule has 2 rings (SSSR count). The number of aryl methyl sites for hydroxylation is 1. The van der Waals surface area contributed by atoms with Gasteiger partial charge in [-0.25, -0.2) is 0 Å². The van der Waals surface area contributed by atoms with Crippen LogP contribution in [0.3, 0.4) is 0 Å². The maximum atomic E-state index is 10.5. The molecule has 1 heterocycles. The number of aliphatic hydroxyl groups excluding tert-OH is 1. The lowest BCUT2D eigenvalue weighted by Crippen LogP contribution is -2.05. The number of nitrogens with zero attached hydrogens (tertiary/aromatic N) is 1. The highest BCUT2D eigenvalue weighted by Gasteiger charge is 2.17. The number of methoxy groups -OCH3 is 1. The third-order valence-corrected chi connectivity index (χ3v) is 3.05. The lowest BCUT2D eigenvalue weighted by Gasteiger charge is -2.17. The molecule has 0 aliphatic rings. The van der Waals surface area contributed by atoms with Gasteiger partial charge in [0.15, 0.2) is 0 Å². The van der Waals surface area contributed by atoms with Crippen molar-refractivity contribution < 1.29 is 9.84 Å². The standard InChI is InChI=1S/C15H17NO2/c1-3-11-10-16-9-8-12(11)15(17)13-6-4-5-7-14(13)18-2/h4-10,15,17H,3H2,1-2H3. The third kappa shape index (κ3) is 2.36. The van der Waals surface area contributed by atoms with Crippen molar-refractivity contribution in [2.75, 3.05) is 7.11 Å². The molecule has 1 aromatic carbocycles. The number of aliphatic hydroxyl groups is 1. The Kier molecular flexibility index (Phi) is 3.95. The highest BCUT2D eigenvalue weighted by Crippen LogP contribution is 2.31. The largest absolute Gasteiger partial charge is 0.496 e. The van der Waals surface area contributed by atoms with Crippen molar-refractivity contribution in [2.45, 2.75) is 19.4 Å². The van der Waals surface area contributed by atoms with Gasteiger partial charge in [-0.1, -0.05) is 25.1 Å². The lowest BCUT2D eigenvalue weighted by molar-refractivity contribution is 0.213. The number of para-hydroxylation sites is 1. The molecule has 94 valence electrons. The first-order valence-electron chi connectivity index (χ1n) is 6.01. The Balaban J connectivity index is 2.44. The fourth-order valence-electron chi connectivity index (χ4n) is 2.06. The maximum Gasteiger partial charge on any atom is 0.125 e. The summed E-state index contributed by atoms with van der Waals surface area (Å²) in [5, 5.41) is 10.5. The van der Waals surface area contributed by atoms with Crippen LogP contribution in [0.2, 0.25) is 0 Å². The molecule has 1 atom stereocenters. The van der Waals surface area contributed by atoms with Gasteiger partial charge < -0.3 is 9.84 Å². The molecular formula is C15H17NO2. The van der Waals surface area contributed by atoms with Crippen LogP contribution in [0, 0.1) is 0 Å². The van der Waals surface area contributed by atoms with E-state index in [1.54, 1.807) is 19.5 Å². The predicted molar refractivity (Wildman–Crippen MR) is 70.7 cm³/mol. The minimum Gasteiger partial charge on any atom is -0.496 e. The fourth-order valence-corrected chi connectivity index (χ4v) is 2.06. The number of ether oxygens (including phenoxy) is 1. The summed E-state index contributed by atoms with van der Waals surface area (Å²) in [5.74, 6) is 0.698. The van der Waals surface area contributed by atoms with Gasteiger partial charge in [-0.3, -0.25) is 4.98 Å². The molecule has 0 radical (unpaired) electrons. The number of pyridine rings is 1. The van der Waals surface area contributed by atoms with Gasteiger partial charge in [0, 0.05) is 18.0 Å². The zero-order valence-electron chi connectivity index (χ0n) is 10.6. The van der Waals surface area contributed by atoms with Crippen LogP contribution >= 0.6 is 0 Å². The Morgan fingerprint density at radius 1 is 1.22 bits per heavy atom. The second-order valence-corrected chi connectivity index (χ2v) is 4.07. The molecule has 3 heteroatoms. The van der Waals surface area contributed by atoms with Crippen LogP contribution in [0.4, 0.5) is 0 Å². The zero-order valence-corrected chi connectivity index (χ0v) is 10.6. The zero-order chi connectivity index (χ0) is 13.0. The van der Waals surface area contributed by atoms with E-state index >= 15 is 0 Å². The second kappa shape index (κ2) is 5.65. The van der Waals surface area contributed by atoms with Crippen LogP contribution in [0.5, 0.6) is 5.75 Å². The maximum absolute atomic E-state index is 10.5. The fraction of sp³-hybridized carbons (Fsp3) is 0.267. The Morgan fingerprint density at radius 2 is 2.00 bits per heavy atom. The van der Waals surface area contributed by atoms with E-state index in [0.717, 1.165) is 23.1 Å². The first-order valence-corrected chi connectivity index (χ1v) is 6.01. The Bertz CT molecular complexity index is 478. The minimum atomic E-state index is -0.681. The summed E-state index contributed by atoms with van der Waals surface area (Å²) in [7, 11) is 1.61. The Morgan fingerprint density at radius 3 is 2.72 bits per heavy atom.